The van der Waals surface area contributed by atoms with Gasteiger partial charge in [0.05, 0.1) is 12.7 Å². The van der Waals surface area contributed by atoms with Gasteiger partial charge in [0.25, 0.3) is 0 Å². The number of hydrogen-bond acceptors (Lipinski definition) is 3. The molecule has 0 aromatic heterocycles. The van der Waals surface area contributed by atoms with Crippen LogP contribution in [0.5, 0.6) is 11.5 Å². The molecule has 1 aliphatic rings. The van der Waals surface area contributed by atoms with Gasteiger partial charge in [0.1, 0.15) is 11.5 Å². The molecule has 1 fully saturated rings. The molecule has 2 aromatic carbocycles. The summed E-state index contributed by atoms with van der Waals surface area (Å²) in [4.78, 5) is 0. The minimum atomic E-state index is 0.419. The van der Waals surface area contributed by atoms with E-state index in [0.717, 1.165) is 23.7 Å². The molecule has 0 heterocycles. The number of nitrogens with one attached hydrogen (secondary N) is 1. The van der Waals surface area contributed by atoms with Crippen LogP contribution in [0.2, 0.25) is 0 Å². The first-order valence-electron chi connectivity index (χ1n) is 8.56. The summed E-state index contributed by atoms with van der Waals surface area (Å²) in [6.07, 6.45) is 5.41. The van der Waals surface area contributed by atoms with E-state index in [0.29, 0.717) is 12.7 Å². The summed E-state index contributed by atoms with van der Waals surface area (Å²) in [6.45, 7) is 3.49. The van der Waals surface area contributed by atoms with Crippen molar-refractivity contribution in [2.45, 2.75) is 45.3 Å². The zero-order valence-corrected chi connectivity index (χ0v) is 13.8. The molecule has 0 amide bonds. The SMILES string of the molecule is CCOc1ccc(NCc2ccc(OC3CCCC3)cc2)cc1. The van der Waals surface area contributed by atoms with E-state index in [2.05, 4.69) is 29.6 Å². The predicted octanol–water partition coefficient (Wildman–Crippen LogP) is 5.02. The highest BCUT2D eigenvalue weighted by molar-refractivity contribution is 5.47. The maximum Gasteiger partial charge on any atom is 0.119 e. The summed E-state index contributed by atoms with van der Waals surface area (Å²) >= 11 is 0. The predicted molar refractivity (Wildman–Crippen MR) is 94.3 cm³/mol. The van der Waals surface area contributed by atoms with Gasteiger partial charge in [0.2, 0.25) is 0 Å². The van der Waals surface area contributed by atoms with E-state index in [1.807, 2.05) is 31.2 Å². The fourth-order valence-electron chi connectivity index (χ4n) is 2.92. The number of anilines is 1. The van der Waals surface area contributed by atoms with Gasteiger partial charge in [-0.15, -0.1) is 0 Å². The van der Waals surface area contributed by atoms with Crippen molar-refractivity contribution in [2.75, 3.05) is 11.9 Å². The standard InChI is InChI=1S/C20H25NO2/c1-2-22-18-13-9-17(10-14-18)21-15-16-7-11-20(12-8-16)23-19-5-3-4-6-19/h7-14,19,21H,2-6,15H2,1H3. The Bertz CT molecular complexity index is 586. The summed E-state index contributed by atoms with van der Waals surface area (Å²) in [5, 5.41) is 3.43. The summed E-state index contributed by atoms with van der Waals surface area (Å²) in [6, 6.07) is 16.5. The fraction of sp³-hybridized carbons (Fsp3) is 0.400. The van der Waals surface area contributed by atoms with Gasteiger partial charge >= 0.3 is 0 Å². The van der Waals surface area contributed by atoms with E-state index in [4.69, 9.17) is 9.47 Å². The summed E-state index contributed by atoms with van der Waals surface area (Å²) < 4.78 is 11.4. The average Bonchev–Trinajstić information content (AvgIpc) is 3.09. The van der Waals surface area contributed by atoms with Crippen molar-refractivity contribution in [2.24, 2.45) is 0 Å². The first kappa shape index (κ1) is 15.7. The molecule has 23 heavy (non-hydrogen) atoms. The Labute approximate surface area is 138 Å². The van der Waals surface area contributed by atoms with Crippen molar-refractivity contribution in [1.29, 1.82) is 0 Å². The topological polar surface area (TPSA) is 30.5 Å². The highest BCUT2D eigenvalue weighted by Crippen LogP contribution is 2.24. The lowest BCUT2D eigenvalue weighted by Gasteiger charge is -2.13. The van der Waals surface area contributed by atoms with Crippen molar-refractivity contribution in [3.8, 4) is 11.5 Å². The molecule has 1 N–H and O–H groups in total. The Kier molecular flexibility index (Phi) is 5.41. The smallest absolute Gasteiger partial charge is 0.119 e. The highest BCUT2D eigenvalue weighted by Gasteiger charge is 2.16. The monoisotopic (exact) mass is 311 g/mol. The summed E-state index contributed by atoms with van der Waals surface area (Å²) in [5.41, 5.74) is 2.34. The van der Waals surface area contributed by atoms with E-state index in [9.17, 15) is 0 Å². The van der Waals surface area contributed by atoms with Crippen molar-refractivity contribution < 1.29 is 9.47 Å². The zero-order valence-electron chi connectivity index (χ0n) is 13.8. The molecule has 0 atom stereocenters. The summed E-state index contributed by atoms with van der Waals surface area (Å²) in [7, 11) is 0. The second kappa shape index (κ2) is 7.91. The van der Waals surface area contributed by atoms with Crippen LogP contribution in [0.1, 0.15) is 38.2 Å². The average molecular weight is 311 g/mol. The Morgan fingerprint density at radius 2 is 1.57 bits per heavy atom. The first-order valence-corrected chi connectivity index (χ1v) is 8.56. The van der Waals surface area contributed by atoms with E-state index in [1.165, 1.54) is 31.2 Å². The van der Waals surface area contributed by atoms with Crippen molar-refractivity contribution in [1.82, 2.24) is 0 Å². The van der Waals surface area contributed by atoms with Gasteiger partial charge in [0, 0.05) is 12.2 Å². The van der Waals surface area contributed by atoms with Gasteiger partial charge in [-0.25, -0.2) is 0 Å². The number of benzene rings is 2. The second-order valence-corrected chi connectivity index (χ2v) is 5.98. The molecule has 0 aliphatic heterocycles. The third-order valence-corrected chi connectivity index (χ3v) is 4.19. The van der Waals surface area contributed by atoms with Crippen LogP contribution in [0.4, 0.5) is 5.69 Å². The lowest BCUT2D eigenvalue weighted by atomic mass is 10.2. The van der Waals surface area contributed by atoms with Crippen molar-refractivity contribution in [3.05, 3.63) is 54.1 Å². The molecule has 0 radical (unpaired) electrons. The van der Waals surface area contributed by atoms with Gasteiger partial charge in [-0.1, -0.05) is 12.1 Å². The van der Waals surface area contributed by atoms with Crippen LogP contribution in [-0.4, -0.2) is 12.7 Å². The molecule has 3 heteroatoms. The maximum atomic E-state index is 5.99. The van der Waals surface area contributed by atoms with Crippen LogP contribution in [0.3, 0.4) is 0 Å². The number of ether oxygens (including phenoxy) is 2. The zero-order chi connectivity index (χ0) is 15.9. The number of hydrogen-bond donors (Lipinski definition) is 1. The summed E-state index contributed by atoms with van der Waals surface area (Å²) in [5.74, 6) is 1.90. The van der Waals surface area contributed by atoms with Crippen LogP contribution in [0, 0.1) is 0 Å². The van der Waals surface area contributed by atoms with E-state index < -0.39 is 0 Å². The molecule has 122 valence electrons. The van der Waals surface area contributed by atoms with E-state index in [1.54, 1.807) is 0 Å². The fourth-order valence-corrected chi connectivity index (χ4v) is 2.92. The Morgan fingerprint density at radius 1 is 0.913 bits per heavy atom. The number of rotatable bonds is 7. The van der Waals surface area contributed by atoms with Gasteiger partial charge < -0.3 is 14.8 Å². The molecule has 3 rings (SSSR count). The van der Waals surface area contributed by atoms with Crippen LogP contribution >= 0.6 is 0 Å². The van der Waals surface area contributed by atoms with E-state index in [-0.39, 0.29) is 0 Å². The van der Waals surface area contributed by atoms with Crippen molar-refractivity contribution >= 4 is 5.69 Å². The van der Waals surface area contributed by atoms with Crippen LogP contribution < -0.4 is 14.8 Å². The molecular weight excluding hydrogens is 286 g/mol. The molecule has 0 unspecified atom stereocenters. The normalized spacial score (nSPS) is 14.7. The van der Waals surface area contributed by atoms with Gasteiger partial charge in [-0.3, -0.25) is 0 Å². The minimum absolute atomic E-state index is 0.419. The largest absolute Gasteiger partial charge is 0.494 e. The van der Waals surface area contributed by atoms with Gasteiger partial charge in [0.15, 0.2) is 0 Å². The Hall–Kier alpha value is -2.16. The van der Waals surface area contributed by atoms with Crippen molar-refractivity contribution in [3.63, 3.8) is 0 Å². The molecule has 0 bridgehead atoms. The molecule has 2 aromatic rings. The molecule has 1 saturated carbocycles. The van der Waals surface area contributed by atoms with Crippen LogP contribution in [-0.2, 0) is 6.54 Å². The molecular formula is C20H25NO2. The molecule has 0 saturated heterocycles. The van der Waals surface area contributed by atoms with Gasteiger partial charge in [-0.05, 0) is 74.6 Å². The lowest BCUT2D eigenvalue weighted by molar-refractivity contribution is 0.210. The molecule has 3 nitrogen and oxygen atoms in total. The highest BCUT2D eigenvalue weighted by atomic mass is 16.5. The van der Waals surface area contributed by atoms with Crippen LogP contribution in [0.15, 0.2) is 48.5 Å². The quantitative estimate of drug-likeness (QED) is 0.779. The van der Waals surface area contributed by atoms with Crippen LogP contribution in [0.25, 0.3) is 0 Å². The Morgan fingerprint density at radius 3 is 2.22 bits per heavy atom. The van der Waals surface area contributed by atoms with E-state index >= 15 is 0 Å². The lowest BCUT2D eigenvalue weighted by Crippen LogP contribution is -2.10. The Balaban J connectivity index is 1.49. The first-order chi connectivity index (χ1) is 11.3. The van der Waals surface area contributed by atoms with Gasteiger partial charge in [-0.2, -0.15) is 0 Å². The third-order valence-electron chi connectivity index (χ3n) is 4.19. The minimum Gasteiger partial charge on any atom is -0.494 e. The maximum absolute atomic E-state index is 5.99. The third kappa shape index (κ3) is 4.65. The molecule has 0 spiro atoms. The second-order valence-electron chi connectivity index (χ2n) is 5.98. The molecule has 1 aliphatic carbocycles.